The van der Waals surface area contributed by atoms with E-state index >= 15 is 0 Å². The standard InChI is InChI=1S/C18H13Cl2NO3S2/c1-23-14-6-9(7-15-17(22)21-18(25)26-15)5-12(16(14)24-2)11-8-10(19)3-4-13(11)20/h3-8H,1-2H3,(H,21,22,25). The Kier molecular flexibility index (Phi) is 5.77. The topological polar surface area (TPSA) is 47.6 Å². The predicted octanol–water partition coefficient (Wildman–Crippen LogP) is 5.17. The maximum atomic E-state index is 11.9. The zero-order valence-corrected chi connectivity index (χ0v) is 16.9. The van der Waals surface area contributed by atoms with E-state index in [1.165, 1.54) is 11.8 Å². The van der Waals surface area contributed by atoms with E-state index in [2.05, 4.69) is 5.32 Å². The summed E-state index contributed by atoms with van der Waals surface area (Å²) >= 11 is 18.7. The van der Waals surface area contributed by atoms with Crippen LogP contribution in [0.25, 0.3) is 17.2 Å². The smallest absolute Gasteiger partial charge is 0.263 e. The zero-order chi connectivity index (χ0) is 18.8. The van der Waals surface area contributed by atoms with Crippen LogP contribution in [0.5, 0.6) is 11.5 Å². The number of carbonyl (C=O) groups is 1. The molecule has 1 heterocycles. The van der Waals surface area contributed by atoms with Crippen molar-refractivity contribution in [1.82, 2.24) is 5.32 Å². The van der Waals surface area contributed by atoms with Crippen molar-refractivity contribution in [3.63, 3.8) is 0 Å². The van der Waals surface area contributed by atoms with Crippen molar-refractivity contribution >= 4 is 63.5 Å². The second kappa shape index (κ2) is 7.88. The molecule has 2 aromatic carbocycles. The molecular weight excluding hydrogens is 413 g/mol. The fourth-order valence-corrected chi connectivity index (χ4v) is 3.98. The highest BCUT2D eigenvalue weighted by Gasteiger charge is 2.23. The van der Waals surface area contributed by atoms with Crippen LogP contribution >= 0.6 is 47.2 Å². The van der Waals surface area contributed by atoms with Crippen molar-refractivity contribution in [2.75, 3.05) is 14.2 Å². The number of thiocarbonyl (C=S) groups is 1. The molecule has 1 amide bonds. The second-order valence-electron chi connectivity index (χ2n) is 5.28. The van der Waals surface area contributed by atoms with Gasteiger partial charge < -0.3 is 14.8 Å². The van der Waals surface area contributed by atoms with Gasteiger partial charge in [0.2, 0.25) is 0 Å². The molecule has 1 N–H and O–H groups in total. The van der Waals surface area contributed by atoms with Gasteiger partial charge in [-0.05, 0) is 42.0 Å². The van der Waals surface area contributed by atoms with E-state index in [0.717, 1.165) is 5.56 Å². The van der Waals surface area contributed by atoms with Gasteiger partial charge in [-0.2, -0.15) is 0 Å². The Morgan fingerprint density at radius 3 is 2.50 bits per heavy atom. The first-order valence-corrected chi connectivity index (χ1v) is 9.37. The van der Waals surface area contributed by atoms with Crippen LogP contribution in [0.2, 0.25) is 10.0 Å². The Labute approximate surface area is 170 Å². The number of carbonyl (C=O) groups excluding carboxylic acids is 1. The molecular formula is C18H13Cl2NO3S2. The van der Waals surface area contributed by atoms with Crippen LogP contribution < -0.4 is 14.8 Å². The zero-order valence-electron chi connectivity index (χ0n) is 13.8. The molecule has 1 fully saturated rings. The summed E-state index contributed by atoms with van der Waals surface area (Å²) in [6.45, 7) is 0. The predicted molar refractivity (Wildman–Crippen MR) is 111 cm³/mol. The van der Waals surface area contributed by atoms with Crippen molar-refractivity contribution in [2.45, 2.75) is 0 Å². The minimum absolute atomic E-state index is 0.225. The first-order valence-electron chi connectivity index (χ1n) is 7.39. The van der Waals surface area contributed by atoms with E-state index in [9.17, 15) is 4.79 Å². The Bertz CT molecular complexity index is 944. The Morgan fingerprint density at radius 1 is 1.12 bits per heavy atom. The minimum atomic E-state index is -0.225. The lowest BCUT2D eigenvalue weighted by molar-refractivity contribution is -0.115. The molecule has 4 nitrogen and oxygen atoms in total. The summed E-state index contributed by atoms with van der Waals surface area (Å²) in [4.78, 5) is 12.4. The molecule has 0 bridgehead atoms. The van der Waals surface area contributed by atoms with Crippen molar-refractivity contribution in [3.8, 4) is 22.6 Å². The molecule has 1 saturated heterocycles. The van der Waals surface area contributed by atoms with Crippen molar-refractivity contribution in [3.05, 3.63) is 50.8 Å². The highest BCUT2D eigenvalue weighted by molar-refractivity contribution is 8.26. The number of rotatable bonds is 4. The number of methoxy groups -OCH3 is 2. The van der Waals surface area contributed by atoms with Crippen LogP contribution in [-0.4, -0.2) is 24.4 Å². The molecule has 0 aliphatic carbocycles. The molecule has 26 heavy (non-hydrogen) atoms. The molecule has 0 atom stereocenters. The number of hydrogen-bond donors (Lipinski definition) is 1. The highest BCUT2D eigenvalue weighted by atomic mass is 35.5. The normalized spacial score (nSPS) is 15.3. The molecule has 1 aliphatic rings. The first kappa shape index (κ1) is 19.0. The molecule has 134 valence electrons. The Hall–Kier alpha value is -1.73. The third-order valence-corrected chi connectivity index (χ3v) is 5.39. The molecule has 0 saturated carbocycles. The van der Waals surface area contributed by atoms with E-state index in [1.54, 1.807) is 44.6 Å². The lowest BCUT2D eigenvalue weighted by Crippen LogP contribution is -2.17. The van der Waals surface area contributed by atoms with Gasteiger partial charge in [0.25, 0.3) is 5.91 Å². The number of halogens is 2. The molecule has 0 radical (unpaired) electrons. The molecule has 8 heteroatoms. The van der Waals surface area contributed by atoms with Crippen molar-refractivity contribution < 1.29 is 14.3 Å². The van der Waals surface area contributed by atoms with E-state index in [-0.39, 0.29) is 5.91 Å². The van der Waals surface area contributed by atoms with Crippen LogP contribution in [0.3, 0.4) is 0 Å². The van der Waals surface area contributed by atoms with Crippen LogP contribution in [0.15, 0.2) is 35.2 Å². The summed E-state index contributed by atoms with van der Waals surface area (Å²) in [5.41, 5.74) is 2.15. The largest absolute Gasteiger partial charge is 0.493 e. The van der Waals surface area contributed by atoms with Gasteiger partial charge in [0.1, 0.15) is 4.32 Å². The van der Waals surface area contributed by atoms with Gasteiger partial charge in [-0.15, -0.1) is 0 Å². The lowest BCUT2D eigenvalue weighted by atomic mass is 10.0. The van der Waals surface area contributed by atoms with E-state index in [4.69, 9.17) is 44.9 Å². The average molecular weight is 426 g/mol. The Morgan fingerprint density at radius 2 is 1.88 bits per heavy atom. The summed E-state index contributed by atoms with van der Waals surface area (Å²) in [5.74, 6) is 0.814. The summed E-state index contributed by atoms with van der Waals surface area (Å²) in [6, 6.07) is 8.83. The molecule has 1 aliphatic heterocycles. The van der Waals surface area contributed by atoms with Gasteiger partial charge in [-0.3, -0.25) is 4.79 Å². The third-order valence-electron chi connectivity index (χ3n) is 3.66. The fourth-order valence-electron chi connectivity index (χ4n) is 2.55. The van der Waals surface area contributed by atoms with Gasteiger partial charge in [0, 0.05) is 21.2 Å². The number of ether oxygens (including phenoxy) is 2. The van der Waals surface area contributed by atoms with Gasteiger partial charge in [0.05, 0.1) is 19.1 Å². The number of amides is 1. The van der Waals surface area contributed by atoms with Gasteiger partial charge in [0.15, 0.2) is 11.5 Å². The highest BCUT2D eigenvalue weighted by Crippen LogP contribution is 2.43. The monoisotopic (exact) mass is 425 g/mol. The molecule has 3 rings (SSSR count). The molecule has 0 aromatic heterocycles. The van der Waals surface area contributed by atoms with Crippen molar-refractivity contribution in [2.24, 2.45) is 0 Å². The summed E-state index contributed by atoms with van der Waals surface area (Å²) in [5, 5.41) is 3.66. The maximum Gasteiger partial charge on any atom is 0.263 e. The first-order chi connectivity index (χ1) is 12.4. The van der Waals surface area contributed by atoms with Gasteiger partial charge in [-0.25, -0.2) is 0 Å². The second-order valence-corrected chi connectivity index (χ2v) is 7.84. The average Bonchev–Trinajstić information content (AvgIpc) is 2.93. The minimum Gasteiger partial charge on any atom is -0.493 e. The Balaban J connectivity index is 2.20. The number of hydrogen-bond acceptors (Lipinski definition) is 5. The number of nitrogens with one attached hydrogen (secondary N) is 1. The molecule has 0 unspecified atom stereocenters. The summed E-state index contributed by atoms with van der Waals surface area (Å²) in [6.07, 6.45) is 1.74. The summed E-state index contributed by atoms with van der Waals surface area (Å²) in [7, 11) is 3.10. The lowest BCUT2D eigenvalue weighted by Gasteiger charge is -2.15. The van der Waals surface area contributed by atoms with Crippen LogP contribution in [0.1, 0.15) is 5.56 Å². The van der Waals surface area contributed by atoms with E-state index in [0.29, 0.717) is 41.9 Å². The molecule has 2 aromatic rings. The summed E-state index contributed by atoms with van der Waals surface area (Å²) < 4.78 is 11.4. The molecule has 0 spiro atoms. The quantitative estimate of drug-likeness (QED) is 0.540. The van der Waals surface area contributed by atoms with Gasteiger partial charge >= 0.3 is 0 Å². The van der Waals surface area contributed by atoms with E-state index in [1.807, 2.05) is 6.07 Å². The van der Waals surface area contributed by atoms with Crippen LogP contribution in [-0.2, 0) is 4.79 Å². The fraction of sp³-hybridized carbons (Fsp3) is 0.111. The number of thioether (sulfide) groups is 1. The van der Waals surface area contributed by atoms with E-state index < -0.39 is 0 Å². The van der Waals surface area contributed by atoms with Gasteiger partial charge in [-0.1, -0.05) is 47.2 Å². The van der Waals surface area contributed by atoms with Crippen molar-refractivity contribution in [1.29, 1.82) is 0 Å². The van der Waals surface area contributed by atoms with Crippen LogP contribution in [0.4, 0.5) is 0 Å². The third kappa shape index (κ3) is 3.83. The SMILES string of the molecule is COc1cc(C=C2SC(=S)NC2=O)cc(-c2cc(Cl)ccc2Cl)c1OC. The maximum absolute atomic E-state index is 11.9. The van der Waals surface area contributed by atoms with Crippen LogP contribution in [0, 0.1) is 0 Å². The number of benzene rings is 2.